The zero-order valence-corrected chi connectivity index (χ0v) is 12.9. The Hall–Kier alpha value is -2.15. The van der Waals surface area contributed by atoms with Gasteiger partial charge in [0.2, 0.25) is 5.91 Å². The number of likely N-dealkylation sites (tertiary alicyclic amines) is 1. The third-order valence-electron chi connectivity index (χ3n) is 4.06. The van der Waals surface area contributed by atoms with Crippen molar-refractivity contribution in [2.45, 2.75) is 18.9 Å². The summed E-state index contributed by atoms with van der Waals surface area (Å²) in [5.74, 6) is -1.22. The number of cyclic esters (lactones) is 1. The number of ether oxygens (including phenoxy) is 1. The van der Waals surface area contributed by atoms with E-state index in [2.05, 4.69) is 4.74 Å². The number of imide groups is 1. The highest BCUT2D eigenvalue weighted by molar-refractivity contribution is 6.31. The van der Waals surface area contributed by atoms with Gasteiger partial charge in [-0.2, -0.15) is 0 Å². The number of rotatable bonds is 3. The molecule has 0 spiro atoms. The lowest BCUT2D eigenvalue weighted by Gasteiger charge is -2.20. The molecule has 2 heterocycles. The standard InChI is InChI=1S/C15H14ClFN2O4/c16-11-2-1-3-12(17)10(11)6-13(20)18-5-4-9(7-18)19-14(21)8-23-15(19)22/h1-3,9H,4-8H2/t9-/m0/s1. The lowest BCUT2D eigenvalue weighted by atomic mass is 10.1. The van der Waals surface area contributed by atoms with Gasteiger partial charge in [0.15, 0.2) is 6.61 Å². The van der Waals surface area contributed by atoms with E-state index in [1.165, 1.54) is 23.1 Å². The van der Waals surface area contributed by atoms with Gasteiger partial charge >= 0.3 is 6.09 Å². The van der Waals surface area contributed by atoms with Gasteiger partial charge in [-0.05, 0) is 18.6 Å². The van der Waals surface area contributed by atoms with Gasteiger partial charge in [0.1, 0.15) is 5.82 Å². The Balaban J connectivity index is 1.66. The Kier molecular flexibility index (Phi) is 4.21. The topological polar surface area (TPSA) is 66.9 Å². The first-order chi connectivity index (χ1) is 11.0. The van der Waals surface area contributed by atoms with Crippen LogP contribution in [0.25, 0.3) is 0 Å². The van der Waals surface area contributed by atoms with Gasteiger partial charge in [-0.1, -0.05) is 17.7 Å². The Morgan fingerprint density at radius 1 is 1.39 bits per heavy atom. The molecular formula is C15H14ClFN2O4. The number of benzene rings is 1. The Morgan fingerprint density at radius 2 is 2.17 bits per heavy atom. The second kappa shape index (κ2) is 6.16. The Morgan fingerprint density at radius 3 is 2.83 bits per heavy atom. The first-order valence-corrected chi connectivity index (χ1v) is 7.54. The first-order valence-electron chi connectivity index (χ1n) is 7.17. The van der Waals surface area contributed by atoms with Crippen molar-refractivity contribution in [2.75, 3.05) is 19.7 Å². The van der Waals surface area contributed by atoms with Gasteiger partial charge in [0.05, 0.1) is 12.5 Å². The van der Waals surface area contributed by atoms with Gasteiger partial charge in [-0.3, -0.25) is 9.59 Å². The quantitative estimate of drug-likeness (QED) is 0.838. The monoisotopic (exact) mass is 340 g/mol. The number of nitrogens with zero attached hydrogens (tertiary/aromatic N) is 2. The van der Waals surface area contributed by atoms with Crippen molar-refractivity contribution in [2.24, 2.45) is 0 Å². The summed E-state index contributed by atoms with van der Waals surface area (Å²) in [6.07, 6.45) is -0.347. The summed E-state index contributed by atoms with van der Waals surface area (Å²) in [6.45, 7) is 0.368. The molecule has 1 aromatic rings. The van der Waals surface area contributed by atoms with Crippen molar-refractivity contribution in [3.63, 3.8) is 0 Å². The smallest absolute Gasteiger partial charge is 0.417 e. The fourth-order valence-electron chi connectivity index (χ4n) is 2.86. The van der Waals surface area contributed by atoms with Crippen LogP contribution in [-0.2, 0) is 20.7 Å². The molecule has 1 aromatic carbocycles. The highest BCUT2D eigenvalue weighted by atomic mass is 35.5. The van der Waals surface area contributed by atoms with Gasteiger partial charge < -0.3 is 9.64 Å². The summed E-state index contributed by atoms with van der Waals surface area (Å²) < 4.78 is 18.4. The van der Waals surface area contributed by atoms with Gasteiger partial charge in [0, 0.05) is 23.7 Å². The second-order valence-electron chi connectivity index (χ2n) is 5.48. The Labute approximate surface area is 136 Å². The van der Waals surface area contributed by atoms with E-state index in [1.54, 1.807) is 0 Å². The molecule has 0 aromatic heterocycles. The number of halogens is 2. The highest BCUT2D eigenvalue weighted by Gasteiger charge is 2.41. The van der Waals surface area contributed by atoms with Crippen LogP contribution in [0.3, 0.4) is 0 Å². The molecule has 122 valence electrons. The van der Waals surface area contributed by atoms with Crippen LogP contribution in [0.1, 0.15) is 12.0 Å². The van der Waals surface area contributed by atoms with Gasteiger partial charge in [0.25, 0.3) is 5.91 Å². The maximum absolute atomic E-state index is 13.8. The van der Waals surface area contributed by atoms with Gasteiger partial charge in [-0.15, -0.1) is 0 Å². The third kappa shape index (κ3) is 3.01. The SMILES string of the molecule is O=C(Cc1c(F)cccc1Cl)N1CC[C@H](N2C(=O)COC2=O)C1. The van der Waals surface area contributed by atoms with Crippen molar-refractivity contribution in [3.8, 4) is 0 Å². The summed E-state index contributed by atoms with van der Waals surface area (Å²) >= 11 is 5.93. The molecule has 2 fully saturated rings. The molecule has 0 bridgehead atoms. The van der Waals surface area contributed by atoms with E-state index < -0.39 is 23.9 Å². The molecule has 0 saturated carbocycles. The van der Waals surface area contributed by atoms with E-state index in [-0.39, 0.29) is 36.1 Å². The molecule has 3 amide bonds. The summed E-state index contributed by atoms with van der Waals surface area (Å²) in [5.41, 5.74) is 0.152. The summed E-state index contributed by atoms with van der Waals surface area (Å²) in [7, 11) is 0. The van der Waals surface area contributed by atoms with E-state index in [0.717, 1.165) is 4.90 Å². The Bertz CT molecular complexity index is 645. The summed E-state index contributed by atoms with van der Waals surface area (Å²) in [6, 6.07) is 3.86. The van der Waals surface area contributed by atoms with Crippen LogP contribution in [0, 0.1) is 5.82 Å². The van der Waals surface area contributed by atoms with Crippen molar-refractivity contribution >= 4 is 29.5 Å². The normalized spacial score (nSPS) is 21.0. The maximum Gasteiger partial charge on any atom is 0.417 e. The molecule has 6 nitrogen and oxygen atoms in total. The predicted molar refractivity (Wildman–Crippen MR) is 78.3 cm³/mol. The summed E-state index contributed by atoms with van der Waals surface area (Å²) in [5, 5.41) is 0.201. The van der Waals surface area contributed by atoms with E-state index in [4.69, 9.17) is 11.6 Å². The van der Waals surface area contributed by atoms with E-state index >= 15 is 0 Å². The van der Waals surface area contributed by atoms with Crippen molar-refractivity contribution in [1.29, 1.82) is 0 Å². The van der Waals surface area contributed by atoms with Crippen LogP contribution in [0.4, 0.5) is 9.18 Å². The lowest BCUT2D eigenvalue weighted by Crippen LogP contribution is -2.42. The average Bonchev–Trinajstić information content (AvgIpc) is 3.10. The van der Waals surface area contributed by atoms with E-state index in [1.807, 2.05) is 0 Å². The lowest BCUT2D eigenvalue weighted by molar-refractivity contribution is -0.131. The molecule has 0 aliphatic carbocycles. The average molecular weight is 341 g/mol. The molecule has 0 N–H and O–H groups in total. The van der Waals surface area contributed by atoms with Crippen LogP contribution in [0.2, 0.25) is 5.02 Å². The molecule has 1 atom stereocenters. The summed E-state index contributed by atoms with van der Waals surface area (Å²) in [4.78, 5) is 38.1. The van der Waals surface area contributed by atoms with E-state index in [0.29, 0.717) is 13.0 Å². The highest BCUT2D eigenvalue weighted by Crippen LogP contribution is 2.23. The third-order valence-corrected chi connectivity index (χ3v) is 4.41. The maximum atomic E-state index is 13.8. The number of carbonyl (C=O) groups excluding carboxylic acids is 3. The number of hydrogen-bond acceptors (Lipinski definition) is 4. The zero-order chi connectivity index (χ0) is 16.6. The van der Waals surface area contributed by atoms with Crippen molar-refractivity contribution in [1.82, 2.24) is 9.80 Å². The molecule has 2 aliphatic heterocycles. The van der Waals surface area contributed by atoms with Crippen LogP contribution in [-0.4, -0.2) is 53.4 Å². The molecular weight excluding hydrogens is 327 g/mol. The predicted octanol–water partition coefficient (Wildman–Crippen LogP) is 1.60. The molecule has 2 aliphatic rings. The van der Waals surface area contributed by atoms with Crippen LogP contribution in [0.15, 0.2) is 18.2 Å². The minimum atomic E-state index is -0.675. The van der Waals surface area contributed by atoms with Crippen LogP contribution < -0.4 is 0 Å². The first kappa shape index (κ1) is 15.7. The van der Waals surface area contributed by atoms with Crippen LogP contribution in [0.5, 0.6) is 0 Å². The van der Waals surface area contributed by atoms with Gasteiger partial charge in [-0.25, -0.2) is 14.1 Å². The molecule has 2 saturated heterocycles. The fourth-order valence-corrected chi connectivity index (χ4v) is 3.09. The molecule has 23 heavy (non-hydrogen) atoms. The molecule has 0 radical (unpaired) electrons. The minimum Gasteiger partial charge on any atom is -0.439 e. The molecule has 8 heteroatoms. The van der Waals surface area contributed by atoms with Crippen molar-refractivity contribution in [3.05, 3.63) is 34.6 Å². The van der Waals surface area contributed by atoms with E-state index in [9.17, 15) is 18.8 Å². The number of carbonyl (C=O) groups is 3. The largest absolute Gasteiger partial charge is 0.439 e. The fraction of sp³-hybridized carbons (Fsp3) is 0.400. The molecule has 3 rings (SSSR count). The number of amides is 3. The second-order valence-corrected chi connectivity index (χ2v) is 5.88. The molecule has 0 unspecified atom stereocenters. The number of hydrogen-bond donors (Lipinski definition) is 0. The van der Waals surface area contributed by atoms with Crippen LogP contribution >= 0.6 is 11.6 Å². The minimum absolute atomic E-state index is 0.152. The zero-order valence-electron chi connectivity index (χ0n) is 12.1. The van der Waals surface area contributed by atoms with Crippen molar-refractivity contribution < 1.29 is 23.5 Å².